The van der Waals surface area contributed by atoms with Crippen molar-refractivity contribution in [1.82, 2.24) is 0 Å². The number of esters is 1. The van der Waals surface area contributed by atoms with Gasteiger partial charge in [-0.1, -0.05) is 71.4 Å². The molecular weight excluding hydrogens is 502 g/mol. The summed E-state index contributed by atoms with van der Waals surface area (Å²) in [6, 6.07) is 24.4. The number of methoxy groups -OCH3 is 1. The van der Waals surface area contributed by atoms with Crippen LogP contribution in [0.3, 0.4) is 0 Å². The Hall–Kier alpha value is -3.20. The van der Waals surface area contributed by atoms with Gasteiger partial charge >= 0.3 is 5.97 Å². The van der Waals surface area contributed by atoms with E-state index in [2.05, 4.69) is 5.10 Å². The maximum Gasteiger partial charge on any atom is 0.365 e. The van der Waals surface area contributed by atoms with Gasteiger partial charge in [0.25, 0.3) is 5.91 Å². The Balaban J connectivity index is 1.68. The lowest BCUT2D eigenvalue weighted by Gasteiger charge is -2.38. The van der Waals surface area contributed by atoms with Crippen LogP contribution < -0.4 is 9.91 Å². The van der Waals surface area contributed by atoms with Crippen molar-refractivity contribution in [2.45, 2.75) is 11.3 Å². The van der Waals surface area contributed by atoms with Crippen LogP contribution in [0.2, 0.25) is 5.02 Å². The zero-order valence-electron chi connectivity index (χ0n) is 18.8. The maximum absolute atomic E-state index is 13.9. The smallest absolute Gasteiger partial charge is 0.365 e. The molecule has 2 heterocycles. The van der Waals surface area contributed by atoms with Gasteiger partial charge in [0.05, 0.1) is 17.7 Å². The summed E-state index contributed by atoms with van der Waals surface area (Å²) in [4.78, 5) is 28.7. The Morgan fingerprint density at radius 3 is 2.31 bits per heavy atom. The normalized spacial score (nSPS) is 20.6. The molecule has 1 spiro atoms. The summed E-state index contributed by atoms with van der Waals surface area (Å²) < 4.78 is 3.86. The summed E-state index contributed by atoms with van der Waals surface area (Å²) >= 11 is 8.65. The summed E-state index contributed by atoms with van der Waals surface area (Å²) in [6.07, 6.45) is 1.87. The molecule has 1 saturated heterocycles. The largest absolute Gasteiger partial charge is 0.464 e. The van der Waals surface area contributed by atoms with E-state index in [1.165, 1.54) is 30.6 Å². The summed E-state index contributed by atoms with van der Waals surface area (Å²) in [5.74, 6) is -0.752. The molecule has 1 amide bonds. The van der Waals surface area contributed by atoms with Crippen molar-refractivity contribution in [1.29, 1.82) is 0 Å². The molecule has 1 atom stereocenters. The van der Waals surface area contributed by atoms with E-state index in [9.17, 15) is 9.59 Å². The third-order valence-electron chi connectivity index (χ3n) is 5.45. The number of halogens is 1. The molecule has 3 aromatic rings. The number of ether oxygens (including phenoxy) is 1. The second kappa shape index (κ2) is 9.45. The number of hydrazone groups is 1. The minimum Gasteiger partial charge on any atom is -0.464 e. The Labute approximate surface area is 216 Å². The predicted molar refractivity (Wildman–Crippen MR) is 144 cm³/mol. The number of para-hydroxylation sites is 1. The van der Waals surface area contributed by atoms with E-state index < -0.39 is 10.3 Å². The summed E-state index contributed by atoms with van der Waals surface area (Å²) in [6.45, 7) is 2.02. The van der Waals surface area contributed by atoms with Crippen molar-refractivity contribution in [2.24, 2.45) is 5.10 Å². The van der Waals surface area contributed by atoms with Gasteiger partial charge in [0.2, 0.25) is 9.37 Å². The zero-order chi connectivity index (χ0) is 24.6. The van der Waals surface area contributed by atoms with E-state index in [1.807, 2.05) is 79.7 Å². The highest BCUT2D eigenvalue weighted by Crippen LogP contribution is 2.59. The Bertz CT molecular complexity index is 1340. The van der Waals surface area contributed by atoms with Crippen LogP contribution in [-0.4, -0.2) is 28.4 Å². The molecule has 5 rings (SSSR count). The highest BCUT2D eigenvalue weighted by molar-refractivity contribution is 8.29. The number of benzene rings is 3. The van der Waals surface area contributed by atoms with Crippen LogP contribution in [-0.2, 0) is 14.3 Å². The van der Waals surface area contributed by atoms with E-state index in [1.54, 1.807) is 22.0 Å². The quantitative estimate of drug-likeness (QED) is 0.304. The van der Waals surface area contributed by atoms with Gasteiger partial charge in [-0.3, -0.25) is 9.69 Å². The second-order valence-electron chi connectivity index (χ2n) is 7.83. The fourth-order valence-corrected chi connectivity index (χ4v) is 6.78. The molecule has 3 aromatic carbocycles. The molecule has 35 heavy (non-hydrogen) atoms. The number of rotatable bonds is 4. The number of carbonyl (C=O) groups is 2. The fourth-order valence-electron chi connectivity index (χ4n) is 3.75. The van der Waals surface area contributed by atoms with Gasteiger partial charge in [0.1, 0.15) is 0 Å². The van der Waals surface area contributed by atoms with Crippen LogP contribution in [0.1, 0.15) is 11.1 Å². The number of aryl methyl sites for hydroxylation is 1. The average Bonchev–Trinajstić information content (AvgIpc) is 3.38. The SMILES string of the molecule is COC(=O)C1=NN(c2ccc(Cl)cc2)C2(S1)S/C(=C/c1ccc(C)cc1)C(=O)N2c1ccccc1. The number of carbonyl (C=O) groups excluding carboxylic acids is 2. The third kappa shape index (κ3) is 4.33. The van der Waals surface area contributed by atoms with Crippen molar-refractivity contribution in [2.75, 3.05) is 17.0 Å². The van der Waals surface area contributed by atoms with Crippen molar-refractivity contribution in [3.05, 3.63) is 99.9 Å². The van der Waals surface area contributed by atoms with Crippen molar-refractivity contribution < 1.29 is 14.3 Å². The summed E-state index contributed by atoms with van der Waals surface area (Å²) in [7, 11) is 1.31. The lowest BCUT2D eigenvalue weighted by Crippen LogP contribution is -2.51. The van der Waals surface area contributed by atoms with Crippen molar-refractivity contribution in [3.8, 4) is 0 Å². The molecule has 176 valence electrons. The molecule has 0 aliphatic carbocycles. The van der Waals surface area contributed by atoms with Gasteiger partial charge in [0.15, 0.2) is 0 Å². The molecule has 0 bridgehead atoms. The van der Waals surface area contributed by atoms with Gasteiger partial charge in [-0.05, 0) is 66.7 Å². The number of hydrogen-bond donors (Lipinski definition) is 0. The maximum atomic E-state index is 13.9. The van der Waals surface area contributed by atoms with Gasteiger partial charge in [-0.15, -0.1) is 0 Å². The summed E-state index contributed by atoms with van der Waals surface area (Å²) in [5, 5.41) is 7.02. The van der Waals surface area contributed by atoms with Gasteiger partial charge < -0.3 is 4.74 Å². The Kier molecular flexibility index (Phi) is 6.35. The first-order chi connectivity index (χ1) is 16.9. The first-order valence-corrected chi connectivity index (χ1v) is 12.7. The molecule has 0 aromatic heterocycles. The van der Waals surface area contributed by atoms with Gasteiger partial charge in [0, 0.05) is 10.7 Å². The monoisotopic (exact) mass is 521 g/mol. The number of anilines is 2. The van der Waals surface area contributed by atoms with Crippen molar-refractivity contribution >= 4 is 69.5 Å². The molecule has 2 aliphatic heterocycles. The lowest BCUT2D eigenvalue weighted by atomic mass is 10.1. The Morgan fingerprint density at radius 2 is 1.66 bits per heavy atom. The van der Waals surface area contributed by atoms with Gasteiger partial charge in [-0.2, -0.15) is 5.10 Å². The summed E-state index contributed by atoms with van der Waals surface area (Å²) in [5.41, 5.74) is 3.41. The lowest BCUT2D eigenvalue weighted by molar-refractivity contribution is -0.132. The minimum absolute atomic E-state index is 0.153. The van der Waals surface area contributed by atoms with Crippen LogP contribution in [0.4, 0.5) is 11.4 Å². The number of nitrogens with zero attached hydrogens (tertiary/aromatic N) is 3. The number of thioether (sulfide) groups is 2. The van der Waals surface area contributed by atoms with Crippen LogP contribution in [0.5, 0.6) is 0 Å². The van der Waals surface area contributed by atoms with E-state index in [0.29, 0.717) is 21.3 Å². The average molecular weight is 522 g/mol. The van der Waals surface area contributed by atoms with E-state index in [0.717, 1.165) is 11.1 Å². The first-order valence-electron chi connectivity index (χ1n) is 10.7. The minimum atomic E-state index is -1.12. The van der Waals surface area contributed by atoms with Crippen LogP contribution >= 0.6 is 35.1 Å². The molecule has 2 aliphatic rings. The molecule has 1 unspecified atom stereocenters. The molecule has 0 radical (unpaired) electrons. The number of hydrogen-bond acceptors (Lipinski definition) is 7. The highest BCUT2D eigenvalue weighted by atomic mass is 35.5. The molecule has 9 heteroatoms. The molecular formula is C26H20ClN3O3S2. The van der Waals surface area contributed by atoms with Crippen molar-refractivity contribution in [3.63, 3.8) is 0 Å². The van der Waals surface area contributed by atoms with Gasteiger partial charge in [-0.25, -0.2) is 9.80 Å². The standard InChI is InChI=1S/C26H20ClN3O3S2/c1-17-8-10-18(11-9-17)16-22-24(31)29(20-6-4-3-5-7-20)26(34-22)30(21-14-12-19(27)13-15-21)28-23(35-26)25(32)33-2/h3-16H,1-2H3/b22-16+. The predicted octanol–water partition coefficient (Wildman–Crippen LogP) is 6.12. The zero-order valence-corrected chi connectivity index (χ0v) is 21.2. The Morgan fingerprint density at radius 1 is 0.971 bits per heavy atom. The molecule has 0 saturated carbocycles. The molecule has 0 N–H and O–H groups in total. The molecule has 6 nitrogen and oxygen atoms in total. The van der Waals surface area contributed by atoms with E-state index >= 15 is 0 Å². The first kappa shape index (κ1) is 23.5. The number of amides is 1. The molecule has 1 fully saturated rings. The van der Waals surface area contributed by atoms with Crippen LogP contribution in [0.25, 0.3) is 6.08 Å². The van der Waals surface area contributed by atoms with E-state index in [4.69, 9.17) is 16.3 Å². The second-order valence-corrected chi connectivity index (χ2v) is 10.9. The van der Waals surface area contributed by atoms with Crippen LogP contribution in [0.15, 0.2) is 88.9 Å². The van der Waals surface area contributed by atoms with E-state index in [-0.39, 0.29) is 11.0 Å². The fraction of sp³-hybridized carbons (Fsp3) is 0.115. The third-order valence-corrected chi connectivity index (χ3v) is 8.40. The van der Waals surface area contributed by atoms with Crippen LogP contribution in [0, 0.1) is 6.92 Å². The topological polar surface area (TPSA) is 62.2 Å². The highest BCUT2D eigenvalue weighted by Gasteiger charge is 2.60.